The Kier molecular flexibility index (Phi) is 5.21. The van der Waals surface area contributed by atoms with Gasteiger partial charge in [-0.2, -0.15) is 5.10 Å². The van der Waals surface area contributed by atoms with Gasteiger partial charge in [-0.3, -0.25) is 9.58 Å². The number of hydrogen-bond acceptors (Lipinski definition) is 4. The number of hydrogen-bond donors (Lipinski definition) is 1. The Morgan fingerprint density at radius 1 is 1.29 bits per heavy atom. The van der Waals surface area contributed by atoms with Gasteiger partial charge in [0, 0.05) is 30.9 Å². The molecule has 0 aliphatic carbocycles. The monoisotopic (exact) mass is 329 g/mol. The number of nitrogens with zero attached hydrogens (tertiary/aromatic N) is 3. The van der Waals surface area contributed by atoms with Crippen LogP contribution in [0.3, 0.4) is 0 Å². The van der Waals surface area contributed by atoms with E-state index >= 15 is 0 Å². The average molecular weight is 329 g/mol. The van der Waals surface area contributed by atoms with Crippen molar-refractivity contribution in [2.24, 2.45) is 7.05 Å². The summed E-state index contributed by atoms with van der Waals surface area (Å²) in [7, 11) is 1.99. The quantitative estimate of drug-likeness (QED) is 0.885. The lowest BCUT2D eigenvalue weighted by Crippen LogP contribution is -2.35. The van der Waals surface area contributed by atoms with Gasteiger partial charge in [0.15, 0.2) is 0 Å². The normalized spacial score (nSPS) is 19.6. The molecule has 0 unspecified atom stereocenters. The van der Waals surface area contributed by atoms with Gasteiger partial charge < -0.3 is 9.84 Å². The molecule has 3 rings (SSSR count). The third-order valence-corrected chi connectivity index (χ3v) is 4.89. The van der Waals surface area contributed by atoms with Gasteiger partial charge in [-0.05, 0) is 45.4 Å². The van der Waals surface area contributed by atoms with Gasteiger partial charge >= 0.3 is 0 Å². The molecular weight excluding hydrogens is 302 g/mol. The maximum Gasteiger partial charge on any atom is 0.119 e. The molecule has 2 atom stereocenters. The summed E-state index contributed by atoms with van der Waals surface area (Å²) < 4.78 is 7.63. The van der Waals surface area contributed by atoms with Gasteiger partial charge in [-0.1, -0.05) is 18.2 Å². The maximum absolute atomic E-state index is 10.4. The number of aliphatic hydroxyl groups is 1. The second-order valence-electron chi connectivity index (χ2n) is 6.64. The molecule has 1 aromatic heterocycles. The highest BCUT2D eigenvalue weighted by atomic mass is 16.5. The molecule has 1 aliphatic heterocycles. The Balaban J connectivity index is 1.61. The van der Waals surface area contributed by atoms with Crippen LogP contribution in [0.4, 0.5) is 0 Å². The fraction of sp³-hybridized carbons (Fsp3) is 0.526. The van der Waals surface area contributed by atoms with Crippen LogP contribution in [-0.4, -0.2) is 45.6 Å². The van der Waals surface area contributed by atoms with Crippen LogP contribution in [0.5, 0.6) is 5.75 Å². The summed E-state index contributed by atoms with van der Waals surface area (Å²) in [5.41, 5.74) is 3.65. The number of aryl methyl sites for hydroxylation is 2. The Morgan fingerprint density at radius 3 is 2.71 bits per heavy atom. The van der Waals surface area contributed by atoms with Crippen LogP contribution in [0, 0.1) is 13.8 Å². The van der Waals surface area contributed by atoms with E-state index in [4.69, 9.17) is 4.74 Å². The summed E-state index contributed by atoms with van der Waals surface area (Å²) in [4.78, 5) is 2.37. The molecule has 0 bridgehead atoms. The molecule has 1 aromatic carbocycles. The van der Waals surface area contributed by atoms with E-state index in [0.717, 1.165) is 30.8 Å². The largest absolute Gasteiger partial charge is 0.491 e. The number of ether oxygens (including phenoxy) is 1. The van der Waals surface area contributed by atoms with Crippen molar-refractivity contribution in [1.82, 2.24) is 14.7 Å². The average Bonchev–Trinajstić information content (AvgIpc) is 3.11. The molecule has 2 heterocycles. The molecule has 5 nitrogen and oxygen atoms in total. The number of para-hydroxylation sites is 1. The molecule has 1 saturated heterocycles. The van der Waals surface area contributed by atoms with Crippen molar-refractivity contribution >= 4 is 0 Å². The Hall–Kier alpha value is -1.85. The lowest BCUT2D eigenvalue weighted by atomic mass is 10.0. The number of β-amino-alcohol motifs (C(OH)–C–C–N with tert-alkyl or cyclic N) is 1. The predicted octanol–water partition coefficient (Wildman–Crippen LogP) is 2.61. The highest BCUT2D eigenvalue weighted by Crippen LogP contribution is 2.35. The number of likely N-dealkylation sites (tertiary alicyclic amines) is 1. The topological polar surface area (TPSA) is 50.5 Å². The van der Waals surface area contributed by atoms with Crippen molar-refractivity contribution in [2.75, 3.05) is 19.7 Å². The second kappa shape index (κ2) is 7.36. The van der Waals surface area contributed by atoms with Crippen LogP contribution in [0.15, 0.2) is 30.3 Å². The van der Waals surface area contributed by atoms with Crippen LogP contribution in [0.1, 0.15) is 35.8 Å². The first-order valence-electron chi connectivity index (χ1n) is 8.66. The minimum atomic E-state index is -0.497. The fourth-order valence-electron chi connectivity index (χ4n) is 3.68. The van der Waals surface area contributed by atoms with Crippen LogP contribution < -0.4 is 4.74 Å². The first-order valence-corrected chi connectivity index (χ1v) is 8.66. The first-order chi connectivity index (χ1) is 11.6. The van der Waals surface area contributed by atoms with Crippen LogP contribution in [0.25, 0.3) is 0 Å². The number of aliphatic hydroxyl groups excluding tert-OH is 1. The van der Waals surface area contributed by atoms with E-state index < -0.39 is 6.10 Å². The van der Waals surface area contributed by atoms with Gasteiger partial charge in [-0.25, -0.2) is 0 Å². The van der Waals surface area contributed by atoms with Crippen LogP contribution in [0.2, 0.25) is 0 Å². The smallest absolute Gasteiger partial charge is 0.119 e. The standard InChI is InChI=1S/C19H27N3O2/c1-14-19(15(2)21(3)20-14)18-10-7-11-22(18)12-16(23)13-24-17-8-5-4-6-9-17/h4-6,8-9,16,18,23H,7,10-13H2,1-3H3/t16-,18+/m1/s1. The highest BCUT2D eigenvalue weighted by Gasteiger charge is 2.31. The summed E-state index contributed by atoms with van der Waals surface area (Å²) >= 11 is 0. The van der Waals surface area contributed by atoms with Gasteiger partial charge in [-0.15, -0.1) is 0 Å². The lowest BCUT2D eigenvalue weighted by molar-refractivity contribution is 0.0637. The predicted molar refractivity (Wildman–Crippen MR) is 94.2 cm³/mol. The lowest BCUT2D eigenvalue weighted by Gasteiger charge is -2.27. The number of rotatable bonds is 6. The molecular formula is C19H27N3O2. The van der Waals surface area contributed by atoms with Crippen LogP contribution in [-0.2, 0) is 7.05 Å². The van der Waals surface area contributed by atoms with E-state index in [1.54, 1.807) is 0 Å². The fourth-order valence-corrected chi connectivity index (χ4v) is 3.68. The van der Waals surface area contributed by atoms with E-state index in [9.17, 15) is 5.11 Å². The van der Waals surface area contributed by atoms with Crippen molar-refractivity contribution in [3.8, 4) is 5.75 Å². The molecule has 130 valence electrons. The molecule has 1 fully saturated rings. The molecule has 0 spiro atoms. The molecule has 0 amide bonds. The number of aromatic nitrogens is 2. The van der Waals surface area contributed by atoms with Crippen molar-refractivity contribution in [1.29, 1.82) is 0 Å². The summed E-state index contributed by atoms with van der Waals surface area (Å²) in [5.74, 6) is 0.800. The first kappa shape index (κ1) is 17.0. The molecule has 2 aromatic rings. The van der Waals surface area contributed by atoms with Gasteiger partial charge in [0.1, 0.15) is 18.5 Å². The van der Waals surface area contributed by atoms with Gasteiger partial charge in [0.2, 0.25) is 0 Å². The van der Waals surface area contributed by atoms with Crippen molar-refractivity contribution in [2.45, 2.75) is 38.8 Å². The minimum Gasteiger partial charge on any atom is -0.491 e. The second-order valence-corrected chi connectivity index (χ2v) is 6.64. The molecule has 5 heteroatoms. The van der Waals surface area contributed by atoms with Crippen molar-refractivity contribution < 1.29 is 9.84 Å². The highest BCUT2D eigenvalue weighted by molar-refractivity contribution is 5.29. The molecule has 0 saturated carbocycles. The van der Waals surface area contributed by atoms with E-state index in [2.05, 4.69) is 23.8 Å². The van der Waals surface area contributed by atoms with Crippen molar-refractivity contribution in [3.05, 3.63) is 47.3 Å². The molecule has 0 radical (unpaired) electrons. The minimum absolute atomic E-state index is 0.318. The zero-order chi connectivity index (χ0) is 17.1. The molecule has 24 heavy (non-hydrogen) atoms. The van der Waals surface area contributed by atoms with E-state index in [-0.39, 0.29) is 0 Å². The molecule has 1 N–H and O–H groups in total. The summed E-state index contributed by atoms with van der Waals surface area (Å²) in [6.07, 6.45) is 1.78. The SMILES string of the molecule is Cc1nn(C)c(C)c1[C@@H]1CCCN1C[C@@H](O)COc1ccccc1. The third kappa shape index (κ3) is 3.62. The van der Waals surface area contributed by atoms with E-state index in [1.807, 2.05) is 42.1 Å². The summed E-state index contributed by atoms with van der Waals surface area (Å²) in [6.45, 7) is 6.17. The third-order valence-electron chi connectivity index (χ3n) is 4.89. The Labute approximate surface area is 143 Å². The Morgan fingerprint density at radius 2 is 2.04 bits per heavy atom. The van der Waals surface area contributed by atoms with Gasteiger partial charge in [0.25, 0.3) is 0 Å². The number of benzene rings is 1. The zero-order valence-electron chi connectivity index (χ0n) is 14.8. The van der Waals surface area contributed by atoms with E-state index in [0.29, 0.717) is 19.2 Å². The Bertz CT molecular complexity index is 669. The van der Waals surface area contributed by atoms with E-state index in [1.165, 1.54) is 11.3 Å². The summed E-state index contributed by atoms with van der Waals surface area (Å²) in [5, 5.41) is 14.9. The maximum atomic E-state index is 10.4. The summed E-state index contributed by atoms with van der Waals surface area (Å²) in [6, 6.07) is 10.0. The van der Waals surface area contributed by atoms with Crippen LogP contribution >= 0.6 is 0 Å². The van der Waals surface area contributed by atoms with Crippen molar-refractivity contribution in [3.63, 3.8) is 0 Å². The van der Waals surface area contributed by atoms with Gasteiger partial charge in [0.05, 0.1) is 5.69 Å². The molecule has 1 aliphatic rings. The zero-order valence-corrected chi connectivity index (χ0v) is 14.8.